The van der Waals surface area contributed by atoms with E-state index in [0.717, 1.165) is 23.1 Å². The van der Waals surface area contributed by atoms with Crippen LogP contribution in [0, 0.1) is 0 Å². The fraction of sp³-hybridized carbons (Fsp3) is 0.333. The normalized spacial score (nSPS) is 11.6. The predicted molar refractivity (Wildman–Crippen MR) is 94.7 cm³/mol. The number of amides is 3. The molecule has 10 heteroatoms. The second-order valence-electron chi connectivity index (χ2n) is 4.96. The molecule has 9 nitrogen and oxygen atoms in total. The summed E-state index contributed by atoms with van der Waals surface area (Å²) in [5.41, 5.74) is 0.771. The van der Waals surface area contributed by atoms with Gasteiger partial charge in [0.05, 0.1) is 11.9 Å². The number of carbonyl (C=O) groups is 2. The highest BCUT2D eigenvalue weighted by atomic mass is 32.2. The van der Waals surface area contributed by atoms with Crippen molar-refractivity contribution in [3.63, 3.8) is 0 Å². The number of nitrogens with zero attached hydrogens (tertiary/aromatic N) is 3. The highest BCUT2D eigenvalue weighted by molar-refractivity contribution is 8.00. The Bertz CT molecular complexity index is 746. The van der Waals surface area contributed by atoms with E-state index in [0.29, 0.717) is 17.6 Å². The number of carbonyl (C=O) groups excluding carboxylic acids is 2. The van der Waals surface area contributed by atoms with Gasteiger partial charge in [-0.05, 0) is 38.1 Å². The molecule has 1 aromatic carbocycles. The SMILES string of the molecule is CCOc1ccc(-c2nnc(S[C@@H](C)C(=O)NC(=O)NC)n2N)cc1. The van der Waals surface area contributed by atoms with E-state index in [-0.39, 0.29) is 0 Å². The number of rotatable bonds is 6. The minimum Gasteiger partial charge on any atom is -0.494 e. The number of urea groups is 1. The van der Waals surface area contributed by atoms with Crippen LogP contribution in [0.25, 0.3) is 11.4 Å². The first-order valence-corrected chi connectivity index (χ1v) is 8.47. The van der Waals surface area contributed by atoms with Gasteiger partial charge in [0.25, 0.3) is 0 Å². The standard InChI is InChI=1S/C15H20N6O3S/c1-4-24-11-7-5-10(6-8-11)12-19-20-15(21(12)16)25-9(2)13(22)18-14(23)17-3/h5-9H,4,16H2,1-3H3,(H2,17,18,22,23)/t9-/m0/s1. The van der Waals surface area contributed by atoms with E-state index in [1.54, 1.807) is 6.92 Å². The van der Waals surface area contributed by atoms with Crippen LogP contribution in [0.5, 0.6) is 5.75 Å². The van der Waals surface area contributed by atoms with E-state index in [2.05, 4.69) is 20.8 Å². The molecule has 0 fully saturated rings. The second-order valence-corrected chi connectivity index (χ2v) is 6.27. The van der Waals surface area contributed by atoms with Crippen LogP contribution in [0.3, 0.4) is 0 Å². The number of aromatic nitrogens is 3. The quantitative estimate of drug-likeness (QED) is 0.516. The maximum Gasteiger partial charge on any atom is 0.321 e. The lowest BCUT2D eigenvalue weighted by Gasteiger charge is -2.10. The highest BCUT2D eigenvalue weighted by Gasteiger charge is 2.21. The first-order chi connectivity index (χ1) is 12.0. The van der Waals surface area contributed by atoms with E-state index in [4.69, 9.17) is 10.6 Å². The van der Waals surface area contributed by atoms with Gasteiger partial charge in [-0.3, -0.25) is 10.1 Å². The Morgan fingerprint density at radius 3 is 2.60 bits per heavy atom. The van der Waals surface area contributed by atoms with Crippen LogP contribution < -0.4 is 21.2 Å². The third-order valence-corrected chi connectivity index (χ3v) is 4.26. The summed E-state index contributed by atoms with van der Waals surface area (Å²) < 4.78 is 6.71. The minimum absolute atomic E-state index is 0.364. The number of nitrogens with one attached hydrogen (secondary N) is 2. The molecule has 0 saturated heterocycles. The number of imide groups is 1. The molecule has 0 radical (unpaired) electrons. The number of nitrogen functional groups attached to an aromatic ring is 1. The van der Waals surface area contributed by atoms with Crippen LogP contribution in [-0.2, 0) is 4.79 Å². The lowest BCUT2D eigenvalue weighted by atomic mass is 10.2. The summed E-state index contributed by atoms with van der Waals surface area (Å²) >= 11 is 1.11. The maximum atomic E-state index is 11.9. The van der Waals surface area contributed by atoms with Crippen molar-refractivity contribution >= 4 is 23.7 Å². The zero-order valence-corrected chi connectivity index (χ0v) is 15.0. The zero-order chi connectivity index (χ0) is 18.4. The number of nitrogens with two attached hydrogens (primary N) is 1. The Hall–Kier alpha value is -2.75. The average molecular weight is 364 g/mol. The van der Waals surface area contributed by atoms with Gasteiger partial charge in [-0.15, -0.1) is 10.2 Å². The Kier molecular flexibility index (Phi) is 6.23. The van der Waals surface area contributed by atoms with E-state index < -0.39 is 17.2 Å². The van der Waals surface area contributed by atoms with E-state index in [9.17, 15) is 9.59 Å². The van der Waals surface area contributed by atoms with Crippen molar-refractivity contribution < 1.29 is 14.3 Å². The van der Waals surface area contributed by atoms with Gasteiger partial charge in [0, 0.05) is 12.6 Å². The number of hydrogen-bond donors (Lipinski definition) is 3. The summed E-state index contributed by atoms with van der Waals surface area (Å²) in [6.45, 7) is 4.15. The molecule has 0 unspecified atom stereocenters. The molecule has 2 aromatic rings. The van der Waals surface area contributed by atoms with Crippen LogP contribution in [0.1, 0.15) is 13.8 Å². The highest BCUT2D eigenvalue weighted by Crippen LogP contribution is 2.25. The van der Waals surface area contributed by atoms with E-state index in [1.807, 2.05) is 31.2 Å². The van der Waals surface area contributed by atoms with Crippen LogP contribution >= 0.6 is 11.8 Å². The van der Waals surface area contributed by atoms with Crippen LogP contribution in [0.4, 0.5) is 4.79 Å². The molecule has 134 valence electrons. The van der Waals surface area contributed by atoms with Crippen molar-refractivity contribution in [3.05, 3.63) is 24.3 Å². The Labute approximate surface area is 149 Å². The molecule has 1 heterocycles. The summed E-state index contributed by atoms with van der Waals surface area (Å²) in [6.07, 6.45) is 0. The third-order valence-electron chi connectivity index (χ3n) is 3.20. The van der Waals surface area contributed by atoms with E-state index >= 15 is 0 Å². The van der Waals surface area contributed by atoms with Crippen LogP contribution in [0.2, 0.25) is 0 Å². The Balaban J connectivity index is 2.10. The topological polar surface area (TPSA) is 124 Å². The molecule has 0 aliphatic heterocycles. The molecule has 2 rings (SSSR count). The van der Waals surface area contributed by atoms with Crippen molar-refractivity contribution in [2.75, 3.05) is 19.5 Å². The molecule has 0 spiro atoms. The summed E-state index contributed by atoms with van der Waals surface area (Å²) in [4.78, 5) is 23.1. The molecule has 3 amide bonds. The van der Waals surface area contributed by atoms with Crippen molar-refractivity contribution in [1.29, 1.82) is 0 Å². The van der Waals surface area contributed by atoms with Crippen molar-refractivity contribution in [2.24, 2.45) is 0 Å². The molecular weight excluding hydrogens is 344 g/mol. The number of benzene rings is 1. The number of hydrogen-bond acceptors (Lipinski definition) is 7. The summed E-state index contributed by atoms with van der Waals surface area (Å²) in [5, 5.41) is 12.4. The summed E-state index contributed by atoms with van der Waals surface area (Å²) in [5.74, 6) is 6.80. The van der Waals surface area contributed by atoms with Gasteiger partial charge in [0.15, 0.2) is 5.82 Å². The molecule has 1 aromatic heterocycles. The summed E-state index contributed by atoms with van der Waals surface area (Å²) in [6, 6.07) is 6.73. The van der Waals surface area contributed by atoms with Crippen LogP contribution in [0.15, 0.2) is 29.4 Å². The fourth-order valence-corrected chi connectivity index (χ4v) is 2.68. The monoisotopic (exact) mass is 364 g/mol. The third kappa shape index (κ3) is 4.63. The Morgan fingerprint density at radius 1 is 1.32 bits per heavy atom. The molecule has 1 atom stereocenters. The second kappa shape index (κ2) is 8.38. The molecule has 25 heavy (non-hydrogen) atoms. The lowest BCUT2D eigenvalue weighted by Crippen LogP contribution is -2.41. The smallest absolute Gasteiger partial charge is 0.321 e. The van der Waals surface area contributed by atoms with Crippen molar-refractivity contribution in [1.82, 2.24) is 25.5 Å². The Morgan fingerprint density at radius 2 is 2.00 bits per heavy atom. The maximum absolute atomic E-state index is 11.9. The van der Waals surface area contributed by atoms with Gasteiger partial charge in [0.2, 0.25) is 11.1 Å². The van der Waals surface area contributed by atoms with Crippen LogP contribution in [-0.4, -0.2) is 45.7 Å². The minimum atomic E-state index is -0.572. The van der Waals surface area contributed by atoms with Gasteiger partial charge in [-0.2, -0.15) is 0 Å². The average Bonchev–Trinajstić information content (AvgIpc) is 2.96. The molecular formula is C15H20N6O3S. The molecule has 0 bridgehead atoms. The first-order valence-electron chi connectivity index (χ1n) is 7.59. The number of ether oxygens (including phenoxy) is 1. The molecule has 4 N–H and O–H groups in total. The van der Waals surface area contributed by atoms with Crippen molar-refractivity contribution in [2.45, 2.75) is 24.3 Å². The van der Waals surface area contributed by atoms with Crippen molar-refractivity contribution in [3.8, 4) is 17.1 Å². The largest absolute Gasteiger partial charge is 0.494 e. The molecule has 0 saturated carbocycles. The summed E-state index contributed by atoms with van der Waals surface area (Å²) in [7, 11) is 1.43. The van der Waals surface area contributed by atoms with Gasteiger partial charge in [-0.25, -0.2) is 9.47 Å². The van der Waals surface area contributed by atoms with Gasteiger partial charge in [0.1, 0.15) is 5.75 Å². The first kappa shape index (κ1) is 18.6. The zero-order valence-electron chi connectivity index (χ0n) is 14.1. The fourth-order valence-electron chi connectivity index (χ4n) is 1.91. The van der Waals surface area contributed by atoms with Gasteiger partial charge < -0.3 is 15.9 Å². The lowest BCUT2D eigenvalue weighted by molar-refractivity contribution is -0.119. The number of thioether (sulfide) groups is 1. The molecule has 0 aliphatic carbocycles. The van der Waals surface area contributed by atoms with Gasteiger partial charge in [-0.1, -0.05) is 11.8 Å². The van der Waals surface area contributed by atoms with Gasteiger partial charge >= 0.3 is 6.03 Å². The van der Waals surface area contributed by atoms with E-state index in [1.165, 1.54) is 11.7 Å². The predicted octanol–water partition coefficient (Wildman–Crippen LogP) is 0.994. The molecule has 0 aliphatic rings.